The molecule has 0 heterocycles. The molecule has 1 N–H and O–H groups in total. The van der Waals surface area contributed by atoms with E-state index in [1.807, 2.05) is 0 Å². The highest BCUT2D eigenvalue weighted by molar-refractivity contribution is 7.83. The number of carbonyl (C=O) groups excluding carboxylic acids is 1. The Morgan fingerprint density at radius 1 is 1.27 bits per heavy atom. The summed E-state index contributed by atoms with van der Waals surface area (Å²) in [5.41, 5.74) is 0.808. The fraction of sp³-hybridized carbons (Fsp3) is 0.632. The van der Waals surface area contributed by atoms with Crippen LogP contribution in [0.3, 0.4) is 0 Å². The summed E-state index contributed by atoms with van der Waals surface area (Å²) in [6.07, 6.45) is 6.83. The van der Waals surface area contributed by atoms with Crippen molar-refractivity contribution in [1.29, 1.82) is 0 Å². The number of methoxy groups -OCH3 is 1. The van der Waals surface area contributed by atoms with E-state index in [1.165, 1.54) is 26.0 Å². The molecule has 1 aromatic rings. The summed E-state index contributed by atoms with van der Waals surface area (Å²) in [6.45, 7) is 0.863. The molecule has 1 amide bonds. The molecule has 2 saturated carbocycles. The molecule has 0 aromatic heterocycles. The number of amides is 1. The van der Waals surface area contributed by atoms with E-state index in [1.54, 1.807) is 6.07 Å². The van der Waals surface area contributed by atoms with Gasteiger partial charge in [0.25, 0.3) is 5.91 Å². The van der Waals surface area contributed by atoms with Gasteiger partial charge in [-0.2, -0.15) is 0 Å². The smallest absolute Gasteiger partial charge is 0.265 e. The van der Waals surface area contributed by atoms with Crippen LogP contribution in [0.1, 0.15) is 60.4 Å². The van der Waals surface area contributed by atoms with Gasteiger partial charge in [0.15, 0.2) is 0 Å². The number of rotatable bonds is 9. The first-order valence-corrected chi connectivity index (χ1v) is 10.5. The minimum atomic E-state index is -1.59. The molecule has 5 nitrogen and oxygen atoms in total. The molecule has 1 unspecified atom stereocenters. The molecule has 2 fully saturated rings. The van der Waals surface area contributed by atoms with Crippen molar-refractivity contribution in [1.82, 2.24) is 4.72 Å². The number of hydrogen-bond acceptors (Lipinski definition) is 4. The molecule has 0 aliphatic heterocycles. The van der Waals surface area contributed by atoms with Crippen LogP contribution in [0.2, 0.25) is 0 Å². The predicted molar refractivity (Wildman–Crippen MR) is 98.2 cm³/mol. The Morgan fingerprint density at radius 2 is 2.00 bits per heavy atom. The van der Waals surface area contributed by atoms with Gasteiger partial charge in [-0.1, -0.05) is 12.8 Å². The van der Waals surface area contributed by atoms with Gasteiger partial charge in [0, 0.05) is 13.2 Å². The highest BCUT2D eigenvalue weighted by Gasteiger charge is 2.30. The van der Waals surface area contributed by atoms with E-state index in [0.717, 1.165) is 31.2 Å². The van der Waals surface area contributed by atoms with E-state index in [0.29, 0.717) is 24.2 Å². The van der Waals surface area contributed by atoms with Crippen molar-refractivity contribution in [2.75, 3.05) is 26.1 Å². The predicted octanol–water partition coefficient (Wildman–Crippen LogP) is 3.31. The Morgan fingerprint density at radius 3 is 2.65 bits per heavy atom. The Hall–Kier alpha value is -1.47. The van der Waals surface area contributed by atoms with Crippen molar-refractivity contribution in [2.24, 2.45) is 5.92 Å². The Labute approximate surface area is 156 Å². The molecule has 7 heteroatoms. The standard InChI is InChI=1S/C19H26FNO4S/c1-24-8-9-26(23)21-19(22)16-10-15(14-6-7-14)18(11-17(16)20)25-12-13-4-2-3-5-13/h10-11,13-14H,2-9,12H2,1H3,(H,21,22). The quantitative estimate of drug-likeness (QED) is 0.711. The van der Waals surface area contributed by atoms with Crippen LogP contribution in [0.5, 0.6) is 5.75 Å². The van der Waals surface area contributed by atoms with Gasteiger partial charge in [-0.05, 0) is 49.1 Å². The molecule has 3 rings (SSSR count). The van der Waals surface area contributed by atoms with Crippen LogP contribution in [0, 0.1) is 11.7 Å². The number of hydrogen-bond donors (Lipinski definition) is 1. The summed E-state index contributed by atoms with van der Waals surface area (Å²) in [4.78, 5) is 12.3. The number of halogens is 1. The molecule has 0 bridgehead atoms. The normalized spacial score (nSPS) is 18.7. The maximum atomic E-state index is 14.5. The topological polar surface area (TPSA) is 64.6 Å². The SMILES string of the molecule is COCCS(=O)NC(=O)c1cc(C2CC2)c(OCC2CCCC2)cc1F. The van der Waals surface area contributed by atoms with Gasteiger partial charge in [-0.3, -0.25) is 9.52 Å². The highest BCUT2D eigenvalue weighted by Crippen LogP contribution is 2.45. The van der Waals surface area contributed by atoms with Gasteiger partial charge in [-0.15, -0.1) is 0 Å². The third-order valence-electron chi connectivity index (χ3n) is 4.99. The zero-order valence-electron chi connectivity index (χ0n) is 15.1. The molecule has 2 aliphatic carbocycles. The van der Waals surface area contributed by atoms with E-state index in [2.05, 4.69) is 4.72 Å². The number of nitrogens with one attached hydrogen (secondary N) is 1. The van der Waals surface area contributed by atoms with Gasteiger partial charge in [0.05, 0.1) is 24.5 Å². The molecule has 0 saturated heterocycles. The second-order valence-electron chi connectivity index (χ2n) is 7.08. The second-order valence-corrected chi connectivity index (χ2v) is 8.38. The average Bonchev–Trinajstić information content (AvgIpc) is 3.33. The molecule has 0 spiro atoms. The molecule has 1 atom stereocenters. The van der Waals surface area contributed by atoms with Crippen molar-refractivity contribution >= 4 is 16.9 Å². The second kappa shape index (κ2) is 8.95. The minimum absolute atomic E-state index is 0.0779. The molecule has 2 aliphatic rings. The maximum absolute atomic E-state index is 14.5. The molecular weight excluding hydrogens is 357 g/mol. The van der Waals surface area contributed by atoms with Gasteiger partial charge >= 0.3 is 0 Å². The fourth-order valence-corrected chi connectivity index (χ4v) is 4.07. The van der Waals surface area contributed by atoms with Crippen molar-refractivity contribution in [3.63, 3.8) is 0 Å². The lowest BCUT2D eigenvalue weighted by molar-refractivity contribution is 0.0978. The Bertz CT molecular complexity index is 672. The zero-order valence-corrected chi connectivity index (χ0v) is 15.9. The number of carbonyl (C=O) groups is 1. The lowest BCUT2D eigenvalue weighted by Gasteiger charge is -2.16. The van der Waals surface area contributed by atoms with Gasteiger partial charge in [0.2, 0.25) is 0 Å². The Kier molecular flexibility index (Phi) is 6.64. The zero-order chi connectivity index (χ0) is 18.5. The molecule has 26 heavy (non-hydrogen) atoms. The first-order valence-electron chi connectivity index (χ1n) is 9.23. The monoisotopic (exact) mass is 383 g/mol. The van der Waals surface area contributed by atoms with Crippen LogP contribution in [0.25, 0.3) is 0 Å². The molecule has 144 valence electrons. The average molecular weight is 383 g/mol. The highest BCUT2D eigenvalue weighted by atomic mass is 32.2. The first-order chi connectivity index (χ1) is 12.6. The fourth-order valence-electron chi connectivity index (χ4n) is 3.34. The molecular formula is C19H26FNO4S. The number of ether oxygens (including phenoxy) is 2. The van der Waals surface area contributed by atoms with Crippen LogP contribution in [0.4, 0.5) is 4.39 Å². The van der Waals surface area contributed by atoms with E-state index >= 15 is 0 Å². The van der Waals surface area contributed by atoms with Crippen LogP contribution in [-0.4, -0.2) is 36.2 Å². The largest absolute Gasteiger partial charge is 0.493 e. The first kappa shape index (κ1) is 19.3. The van der Waals surface area contributed by atoms with E-state index in [9.17, 15) is 13.4 Å². The third kappa shape index (κ3) is 5.04. The summed E-state index contributed by atoms with van der Waals surface area (Å²) in [5.74, 6) is 0.269. The van der Waals surface area contributed by atoms with Crippen LogP contribution >= 0.6 is 0 Å². The Balaban J connectivity index is 1.71. The summed E-state index contributed by atoms with van der Waals surface area (Å²) in [6, 6.07) is 2.88. The van der Waals surface area contributed by atoms with E-state index in [4.69, 9.17) is 9.47 Å². The van der Waals surface area contributed by atoms with Gasteiger partial charge in [0.1, 0.15) is 22.6 Å². The maximum Gasteiger partial charge on any atom is 0.265 e. The van der Waals surface area contributed by atoms with Gasteiger partial charge in [-0.25, -0.2) is 8.60 Å². The van der Waals surface area contributed by atoms with Crippen LogP contribution < -0.4 is 9.46 Å². The lowest BCUT2D eigenvalue weighted by atomic mass is 10.0. The van der Waals surface area contributed by atoms with Crippen molar-refractivity contribution in [2.45, 2.75) is 44.4 Å². The summed E-state index contributed by atoms with van der Waals surface area (Å²) in [7, 11) is -0.102. The lowest BCUT2D eigenvalue weighted by Crippen LogP contribution is -2.29. The third-order valence-corrected chi connectivity index (χ3v) is 5.94. The van der Waals surface area contributed by atoms with Crippen molar-refractivity contribution < 1.29 is 22.9 Å². The van der Waals surface area contributed by atoms with Crippen LogP contribution in [-0.2, 0) is 15.7 Å². The van der Waals surface area contributed by atoms with E-state index < -0.39 is 22.7 Å². The van der Waals surface area contributed by atoms with Crippen LogP contribution in [0.15, 0.2) is 12.1 Å². The van der Waals surface area contributed by atoms with Crippen molar-refractivity contribution in [3.8, 4) is 5.75 Å². The molecule has 0 radical (unpaired) electrons. The minimum Gasteiger partial charge on any atom is -0.493 e. The molecule has 1 aromatic carbocycles. The summed E-state index contributed by atoms with van der Waals surface area (Å²) >= 11 is 0. The summed E-state index contributed by atoms with van der Waals surface area (Å²) < 4.78 is 39.4. The summed E-state index contributed by atoms with van der Waals surface area (Å²) in [5, 5.41) is 0. The van der Waals surface area contributed by atoms with E-state index in [-0.39, 0.29) is 17.9 Å². The van der Waals surface area contributed by atoms with Crippen molar-refractivity contribution in [3.05, 3.63) is 29.1 Å². The van der Waals surface area contributed by atoms with Gasteiger partial charge < -0.3 is 9.47 Å². The number of benzene rings is 1.